The van der Waals surface area contributed by atoms with Gasteiger partial charge < -0.3 is 0 Å². The molecule has 0 amide bonds. The Bertz CT molecular complexity index is 876. The van der Waals surface area contributed by atoms with Gasteiger partial charge in [0, 0.05) is 0 Å². The molecule has 0 aliphatic heterocycles. The van der Waals surface area contributed by atoms with Gasteiger partial charge in [-0.05, 0) is 0 Å². The van der Waals surface area contributed by atoms with E-state index in [2.05, 4.69) is 0 Å². The molecule has 0 aliphatic carbocycles. The number of carboxylic acid groups (broad SMARTS) is 2. The zero-order valence-electron chi connectivity index (χ0n) is 17.1. The second kappa shape index (κ2) is 9.01. The summed E-state index contributed by atoms with van der Waals surface area (Å²) in [5.74, 6) is -3.37. The summed E-state index contributed by atoms with van der Waals surface area (Å²) >= 11 is 0.176. The van der Waals surface area contributed by atoms with Crippen LogP contribution in [0, 0.1) is 10.8 Å². The number of aliphatic hydroxyl groups is 2. The Kier molecular flexibility index (Phi) is 8.08. The third-order valence-corrected chi connectivity index (χ3v) is 6.95. The van der Waals surface area contributed by atoms with E-state index in [0.717, 1.165) is 0 Å². The summed E-state index contributed by atoms with van der Waals surface area (Å²) < 4.78 is 34.3. The van der Waals surface area contributed by atoms with Crippen molar-refractivity contribution in [2.45, 2.75) is 45.4 Å². The number of benzene rings is 1. The topological polar surface area (TPSA) is 169 Å². The van der Waals surface area contributed by atoms with Crippen LogP contribution in [-0.2, 0) is 23.0 Å². The van der Waals surface area contributed by atoms with E-state index in [-0.39, 0.29) is 65.1 Å². The van der Waals surface area contributed by atoms with Gasteiger partial charge in [0.2, 0.25) is 0 Å². The number of hydrogen-bond donors (Lipinski definition) is 5. The number of aromatic carboxylic acids is 2. The molecule has 9 nitrogen and oxygen atoms in total. The fourth-order valence-electron chi connectivity index (χ4n) is 3.18. The predicted molar refractivity (Wildman–Crippen MR) is 105 cm³/mol. The normalized spacial score (nSPS) is 12.9. The minimum atomic E-state index is -5.21. The molecule has 5 N–H and O–H groups in total. The summed E-state index contributed by atoms with van der Waals surface area (Å²) in [5, 5.41) is 38.7. The summed E-state index contributed by atoms with van der Waals surface area (Å²) in [6.07, 6.45) is -0.0854. The number of carboxylic acids is 2. The Hall–Kier alpha value is -1.01. The maximum absolute atomic E-state index is 12.1. The molecule has 158 valence electrons. The summed E-state index contributed by atoms with van der Waals surface area (Å²) in [4.78, 5) is 22.8. The molecule has 0 unspecified atom stereocenters. The Balaban J connectivity index is 4.24. The van der Waals surface area contributed by atoms with Crippen LogP contribution >= 0.6 is 0 Å². The Labute approximate surface area is 186 Å². The van der Waals surface area contributed by atoms with Crippen LogP contribution in [0.4, 0.5) is 0 Å². The molecule has 1 rings (SSSR count). The molecule has 0 saturated heterocycles. The zero-order valence-corrected chi connectivity index (χ0v) is 19.9. The molecule has 0 aliphatic rings. The van der Waals surface area contributed by atoms with Crippen LogP contribution in [0.5, 0.6) is 0 Å². The van der Waals surface area contributed by atoms with Gasteiger partial charge in [-0.1, -0.05) is 0 Å². The van der Waals surface area contributed by atoms with E-state index in [0.29, 0.717) is 2.81 Å². The standard InChI is InChI=1S/C18H25O9S.Na/c1-17(2,8-19)6-10-5-11(7-18(3,4)9-20)13(16(23)24)14(28(25,26)27)12(10)15(21)22;/h19-20H,6-9H2,1-4H3,(H,21,22)(H,23,24)(H,25,26,27);. The fraction of sp³-hybridized carbons (Fsp3) is 0.556. The van der Waals surface area contributed by atoms with E-state index in [4.69, 9.17) is 0 Å². The van der Waals surface area contributed by atoms with Crippen LogP contribution < -0.4 is 2.81 Å². The van der Waals surface area contributed by atoms with Gasteiger partial charge in [0.25, 0.3) is 0 Å². The van der Waals surface area contributed by atoms with Crippen molar-refractivity contribution in [2.75, 3.05) is 13.2 Å². The van der Waals surface area contributed by atoms with Crippen molar-refractivity contribution < 1.29 is 43.0 Å². The van der Waals surface area contributed by atoms with Gasteiger partial charge in [0.1, 0.15) is 0 Å². The molecule has 0 fully saturated rings. The van der Waals surface area contributed by atoms with E-state index >= 15 is 0 Å². The van der Waals surface area contributed by atoms with Crippen molar-refractivity contribution in [3.63, 3.8) is 0 Å². The first-order valence-electron chi connectivity index (χ1n) is 8.83. The van der Waals surface area contributed by atoms with E-state index in [1.807, 2.05) is 0 Å². The summed E-state index contributed by atoms with van der Waals surface area (Å²) in [6, 6.07) is 0. The average molecular weight is 440 g/mol. The number of aliphatic hydroxyl groups excluding tert-OH is 2. The molecule has 0 spiro atoms. The second-order valence-electron chi connectivity index (χ2n) is 8.74. The summed E-state index contributed by atoms with van der Waals surface area (Å²) in [6.45, 7) is 5.94. The Morgan fingerprint density at radius 3 is 1.38 bits per heavy atom. The van der Waals surface area contributed by atoms with Crippen LogP contribution in [0.15, 0.2) is 4.90 Å². The van der Waals surface area contributed by atoms with Crippen molar-refractivity contribution in [3.8, 4) is 0 Å². The predicted octanol–water partition coefficient (Wildman–Crippen LogP) is 0.246. The van der Waals surface area contributed by atoms with E-state index in [1.165, 1.54) is 0 Å². The van der Waals surface area contributed by atoms with Crippen molar-refractivity contribution in [2.24, 2.45) is 10.8 Å². The van der Waals surface area contributed by atoms with Crippen LogP contribution in [-0.4, -0.2) is 86.5 Å². The summed E-state index contributed by atoms with van der Waals surface area (Å²) in [7, 11) is -5.21. The van der Waals surface area contributed by atoms with Gasteiger partial charge in [-0.15, -0.1) is 0 Å². The zero-order chi connectivity index (χ0) is 22.9. The third kappa shape index (κ3) is 6.00. The number of carbonyl (C=O) groups is 2. The van der Waals surface area contributed by atoms with Crippen molar-refractivity contribution in [1.82, 2.24) is 0 Å². The quantitative estimate of drug-likeness (QED) is 0.267. The molecule has 11 heteroatoms. The number of hydrogen-bond acceptors (Lipinski definition) is 6. The molecule has 29 heavy (non-hydrogen) atoms. The Morgan fingerprint density at radius 1 is 0.862 bits per heavy atom. The molecular weight excluding hydrogens is 415 g/mol. The van der Waals surface area contributed by atoms with Crippen molar-refractivity contribution in [3.05, 3.63) is 22.3 Å². The first kappa shape index (κ1) is 26.0. The molecule has 0 saturated carbocycles. The van der Waals surface area contributed by atoms with Gasteiger partial charge in [-0.25, -0.2) is 0 Å². The molecule has 0 radical (unpaired) electrons. The maximum atomic E-state index is 12.1. The molecular formula is C18H25NaO9S. The van der Waals surface area contributed by atoms with E-state index in [9.17, 15) is 43.0 Å². The van der Waals surface area contributed by atoms with Crippen LogP contribution in [0.3, 0.4) is 0 Å². The Morgan fingerprint density at radius 2 is 1.17 bits per heavy atom. The SMILES string of the molecule is CC(C)(CO)Cc1[c]([Na])c(CC(C)(C)CO)c(C(=O)O)c(S(=O)(=O)O)c1C(=O)O. The van der Waals surface area contributed by atoms with Crippen LogP contribution in [0.25, 0.3) is 0 Å². The molecule has 0 atom stereocenters. The average Bonchev–Trinajstić information content (AvgIpc) is 2.56. The van der Waals surface area contributed by atoms with Gasteiger partial charge in [0.15, 0.2) is 0 Å². The molecule has 0 bridgehead atoms. The first-order valence-corrected chi connectivity index (χ1v) is 11.3. The number of rotatable bonds is 9. The minimum absolute atomic E-state index is 0.0427. The van der Waals surface area contributed by atoms with Crippen molar-refractivity contribution in [1.29, 1.82) is 0 Å². The molecule has 0 heterocycles. The van der Waals surface area contributed by atoms with Crippen molar-refractivity contribution >= 4 is 52.8 Å². The van der Waals surface area contributed by atoms with Gasteiger partial charge in [-0.2, -0.15) is 0 Å². The first-order chi connectivity index (χ1) is 13.0. The van der Waals surface area contributed by atoms with E-state index < -0.39 is 48.9 Å². The fourth-order valence-corrected chi connectivity index (χ4v) is 4.97. The van der Waals surface area contributed by atoms with Gasteiger partial charge >= 0.3 is 188 Å². The molecule has 0 aromatic heterocycles. The monoisotopic (exact) mass is 440 g/mol. The second-order valence-corrected chi connectivity index (χ2v) is 11.1. The van der Waals surface area contributed by atoms with Gasteiger partial charge in [-0.3, -0.25) is 0 Å². The third-order valence-electron chi connectivity index (χ3n) is 4.82. The van der Waals surface area contributed by atoms with Crippen LogP contribution in [0.1, 0.15) is 59.5 Å². The summed E-state index contributed by atoms with van der Waals surface area (Å²) in [5.41, 5.74) is -3.08. The molecule has 1 aromatic rings. The van der Waals surface area contributed by atoms with E-state index in [1.54, 1.807) is 27.7 Å². The van der Waals surface area contributed by atoms with Crippen LogP contribution in [0.2, 0.25) is 0 Å². The molecule has 1 aromatic carbocycles. The van der Waals surface area contributed by atoms with Gasteiger partial charge in [0.05, 0.1) is 0 Å².